The van der Waals surface area contributed by atoms with Gasteiger partial charge in [-0.2, -0.15) is 0 Å². The number of para-hydroxylation sites is 1. The minimum atomic E-state index is -0.248. The molecule has 0 saturated carbocycles. The number of hydrogen-bond acceptors (Lipinski definition) is 4. The predicted octanol–water partition coefficient (Wildman–Crippen LogP) is 3.25. The summed E-state index contributed by atoms with van der Waals surface area (Å²) in [5.41, 5.74) is 2.99. The standard InChI is InChI=1S/C24H31N3O3/c1-3-4-17-30-21-11-9-20(10-12-21)24(29)25-18-23(28)27-15-13-26(14-16-27)22-8-6-5-7-19(22)2/h5-12H,3-4,13-18H2,1-2H3,(H,25,29). The van der Waals surface area contributed by atoms with E-state index >= 15 is 0 Å². The van der Waals surface area contributed by atoms with Crippen LogP contribution in [0.5, 0.6) is 5.75 Å². The summed E-state index contributed by atoms with van der Waals surface area (Å²) < 4.78 is 5.61. The van der Waals surface area contributed by atoms with E-state index in [-0.39, 0.29) is 18.4 Å². The molecule has 2 aromatic carbocycles. The molecule has 30 heavy (non-hydrogen) atoms. The zero-order valence-electron chi connectivity index (χ0n) is 17.9. The fraction of sp³-hybridized carbons (Fsp3) is 0.417. The summed E-state index contributed by atoms with van der Waals surface area (Å²) in [4.78, 5) is 29.0. The molecule has 6 heteroatoms. The Labute approximate surface area is 178 Å². The van der Waals surface area contributed by atoms with Crippen LogP contribution in [-0.4, -0.2) is 56.0 Å². The Morgan fingerprint density at radius 1 is 1.00 bits per heavy atom. The van der Waals surface area contributed by atoms with Crippen LogP contribution in [0.2, 0.25) is 0 Å². The molecule has 0 radical (unpaired) electrons. The summed E-state index contributed by atoms with van der Waals surface area (Å²) in [5, 5.41) is 2.74. The minimum absolute atomic E-state index is 0.0119. The summed E-state index contributed by atoms with van der Waals surface area (Å²) in [6.45, 7) is 7.81. The van der Waals surface area contributed by atoms with Gasteiger partial charge in [0.15, 0.2) is 0 Å². The van der Waals surface area contributed by atoms with Gasteiger partial charge < -0.3 is 19.9 Å². The van der Waals surface area contributed by atoms with E-state index < -0.39 is 0 Å². The number of ether oxygens (including phenoxy) is 1. The molecule has 6 nitrogen and oxygen atoms in total. The molecule has 160 valence electrons. The molecular weight excluding hydrogens is 378 g/mol. The molecule has 1 fully saturated rings. The Balaban J connectivity index is 1.43. The van der Waals surface area contributed by atoms with Crippen LogP contribution in [0.25, 0.3) is 0 Å². The zero-order chi connectivity index (χ0) is 21.3. The van der Waals surface area contributed by atoms with Crippen molar-refractivity contribution in [1.29, 1.82) is 0 Å². The van der Waals surface area contributed by atoms with E-state index in [1.807, 2.05) is 17.0 Å². The highest BCUT2D eigenvalue weighted by molar-refractivity contribution is 5.96. The van der Waals surface area contributed by atoms with Crippen LogP contribution < -0.4 is 15.0 Å². The summed E-state index contributed by atoms with van der Waals surface area (Å²) in [6, 6.07) is 15.3. The second-order valence-electron chi connectivity index (χ2n) is 7.56. The Morgan fingerprint density at radius 2 is 1.70 bits per heavy atom. The van der Waals surface area contributed by atoms with E-state index in [2.05, 4.69) is 36.2 Å². The minimum Gasteiger partial charge on any atom is -0.494 e. The van der Waals surface area contributed by atoms with Crippen molar-refractivity contribution in [2.45, 2.75) is 26.7 Å². The van der Waals surface area contributed by atoms with Crippen LogP contribution in [0.15, 0.2) is 48.5 Å². The molecule has 1 N–H and O–H groups in total. The molecule has 3 rings (SSSR count). The van der Waals surface area contributed by atoms with E-state index in [9.17, 15) is 9.59 Å². The van der Waals surface area contributed by atoms with E-state index in [0.29, 0.717) is 25.3 Å². The lowest BCUT2D eigenvalue weighted by Gasteiger charge is -2.36. The van der Waals surface area contributed by atoms with Gasteiger partial charge in [0.1, 0.15) is 5.75 Å². The molecule has 0 atom stereocenters. The topological polar surface area (TPSA) is 61.9 Å². The molecule has 1 aliphatic heterocycles. The van der Waals surface area contributed by atoms with Crippen molar-refractivity contribution in [2.75, 3.05) is 44.2 Å². The third-order valence-corrected chi connectivity index (χ3v) is 5.37. The summed E-state index contributed by atoms with van der Waals surface area (Å²) >= 11 is 0. The first kappa shape index (κ1) is 21.7. The molecule has 2 amide bonds. The SMILES string of the molecule is CCCCOc1ccc(C(=O)NCC(=O)N2CCN(c3ccccc3C)CC2)cc1. The highest BCUT2D eigenvalue weighted by Gasteiger charge is 2.22. The first-order valence-electron chi connectivity index (χ1n) is 10.7. The maximum Gasteiger partial charge on any atom is 0.251 e. The van der Waals surface area contributed by atoms with Crippen LogP contribution in [0.4, 0.5) is 5.69 Å². The quantitative estimate of drug-likeness (QED) is 0.680. The number of hydrogen-bond donors (Lipinski definition) is 1. The smallest absolute Gasteiger partial charge is 0.251 e. The fourth-order valence-electron chi connectivity index (χ4n) is 3.52. The fourth-order valence-corrected chi connectivity index (χ4v) is 3.52. The maximum atomic E-state index is 12.5. The van der Waals surface area contributed by atoms with Crippen LogP contribution >= 0.6 is 0 Å². The van der Waals surface area contributed by atoms with Gasteiger partial charge in [-0.25, -0.2) is 0 Å². The molecule has 1 heterocycles. The van der Waals surface area contributed by atoms with E-state index in [0.717, 1.165) is 31.7 Å². The Bertz CT molecular complexity index is 843. The first-order valence-corrected chi connectivity index (χ1v) is 10.7. The van der Waals surface area contributed by atoms with Crippen molar-refractivity contribution in [3.63, 3.8) is 0 Å². The molecular formula is C24H31N3O3. The second-order valence-corrected chi connectivity index (χ2v) is 7.56. The van der Waals surface area contributed by atoms with Gasteiger partial charge in [0, 0.05) is 37.4 Å². The molecule has 0 bridgehead atoms. The van der Waals surface area contributed by atoms with Crippen molar-refractivity contribution < 1.29 is 14.3 Å². The van der Waals surface area contributed by atoms with E-state index in [4.69, 9.17) is 4.74 Å². The lowest BCUT2D eigenvalue weighted by atomic mass is 10.1. The molecule has 1 saturated heterocycles. The second kappa shape index (κ2) is 10.7. The van der Waals surface area contributed by atoms with Crippen molar-refractivity contribution in [3.05, 3.63) is 59.7 Å². The monoisotopic (exact) mass is 409 g/mol. The number of aryl methyl sites for hydroxylation is 1. The summed E-state index contributed by atoms with van der Waals surface area (Å²) in [7, 11) is 0. The van der Waals surface area contributed by atoms with Crippen LogP contribution in [0.1, 0.15) is 35.7 Å². The molecule has 0 spiro atoms. The third-order valence-electron chi connectivity index (χ3n) is 5.37. The van der Waals surface area contributed by atoms with Crippen LogP contribution in [0.3, 0.4) is 0 Å². The highest BCUT2D eigenvalue weighted by Crippen LogP contribution is 2.20. The van der Waals surface area contributed by atoms with Crippen LogP contribution in [-0.2, 0) is 4.79 Å². The lowest BCUT2D eigenvalue weighted by Crippen LogP contribution is -2.51. The normalized spacial score (nSPS) is 13.8. The van der Waals surface area contributed by atoms with Gasteiger partial charge in [-0.15, -0.1) is 0 Å². The van der Waals surface area contributed by atoms with Crippen molar-refractivity contribution in [1.82, 2.24) is 10.2 Å². The lowest BCUT2D eigenvalue weighted by molar-refractivity contribution is -0.130. The average molecular weight is 410 g/mol. The molecule has 0 aliphatic carbocycles. The third kappa shape index (κ3) is 5.75. The Hall–Kier alpha value is -3.02. The Morgan fingerprint density at radius 3 is 2.37 bits per heavy atom. The summed E-state index contributed by atoms with van der Waals surface area (Å²) in [6.07, 6.45) is 2.08. The zero-order valence-corrected chi connectivity index (χ0v) is 17.9. The first-order chi connectivity index (χ1) is 14.6. The van der Waals surface area contributed by atoms with Crippen molar-refractivity contribution >= 4 is 17.5 Å². The number of carbonyl (C=O) groups is 2. The maximum absolute atomic E-state index is 12.5. The van der Waals surface area contributed by atoms with Crippen molar-refractivity contribution in [2.24, 2.45) is 0 Å². The number of rotatable bonds is 8. The molecule has 1 aliphatic rings. The summed E-state index contributed by atoms with van der Waals surface area (Å²) in [5.74, 6) is 0.455. The number of anilines is 1. The number of benzene rings is 2. The number of amides is 2. The van der Waals surface area contributed by atoms with Gasteiger partial charge in [0.05, 0.1) is 13.2 Å². The van der Waals surface area contributed by atoms with Gasteiger partial charge in [-0.05, 0) is 49.2 Å². The molecule has 0 unspecified atom stereocenters. The predicted molar refractivity (Wildman–Crippen MR) is 119 cm³/mol. The van der Waals surface area contributed by atoms with E-state index in [1.54, 1.807) is 24.3 Å². The number of piperazine rings is 1. The van der Waals surface area contributed by atoms with E-state index in [1.165, 1.54) is 11.3 Å². The van der Waals surface area contributed by atoms with Gasteiger partial charge in [-0.1, -0.05) is 31.5 Å². The number of unbranched alkanes of at least 4 members (excludes halogenated alkanes) is 1. The molecule has 0 aromatic heterocycles. The molecule has 2 aromatic rings. The number of carbonyl (C=O) groups excluding carboxylic acids is 2. The van der Waals surface area contributed by atoms with Gasteiger partial charge in [-0.3, -0.25) is 9.59 Å². The van der Waals surface area contributed by atoms with Crippen LogP contribution in [0, 0.1) is 6.92 Å². The van der Waals surface area contributed by atoms with Gasteiger partial charge in [0.25, 0.3) is 5.91 Å². The average Bonchev–Trinajstić information content (AvgIpc) is 2.78. The number of nitrogens with zero attached hydrogens (tertiary/aromatic N) is 2. The highest BCUT2D eigenvalue weighted by atomic mass is 16.5. The van der Waals surface area contributed by atoms with Gasteiger partial charge in [0.2, 0.25) is 5.91 Å². The van der Waals surface area contributed by atoms with Gasteiger partial charge >= 0.3 is 0 Å². The Kier molecular flexibility index (Phi) is 7.71. The van der Waals surface area contributed by atoms with Crippen molar-refractivity contribution in [3.8, 4) is 5.75 Å². The largest absolute Gasteiger partial charge is 0.494 e. The number of nitrogens with one attached hydrogen (secondary N) is 1.